The quantitative estimate of drug-likeness (QED) is 0.332. The molecule has 0 saturated heterocycles. The molecule has 0 aliphatic carbocycles. The molecule has 2 aromatic heterocycles. The van der Waals surface area contributed by atoms with Crippen molar-refractivity contribution in [2.45, 2.75) is 13.8 Å². The number of carboxylic acids is 1. The Morgan fingerprint density at radius 1 is 1.03 bits per heavy atom. The number of aryl methyl sites for hydroxylation is 1. The first-order valence-corrected chi connectivity index (χ1v) is 9.71. The Labute approximate surface area is 182 Å². The molecule has 2 aromatic carbocycles. The predicted octanol–water partition coefficient (Wildman–Crippen LogP) is 2.87. The van der Waals surface area contributed by atoms with Crippen LogP contribution in [0.5, 0.6) is 0 Å². The van der Waals surface area contributed by atoms with E-state index in [0.717, 1.165) is 10.9 Å². The number of hydrogen-bond acceptors (Lipinski definition) is 5. The van der Waals surface area contributed by atoms with E-state index in [0.29, 0.717) is 22.8 Å². The maximum atomic E-state index is 13.0. The van der Waals surface area contributed by atoms with Gasteiger partial charge in [-0.05, 0) is 56.3 Å². The number of amides is 1. The van der Waals surface area contributed by atoms with Gasteiger partial charge in [0.05, 0.1) is 22.4 Å². The van der Waals surface area contributed by atoms with E-state index >= 15 is 0 Å². The Morgan fingerprint density at radius 3 is 2.44 bits per heavy atom. The van der Waals surface area contributed by atoms with Crippen LogP contribution in [0.3, 0.4) is 0 Å². The molecule has 1 amide bonds. The highest BCUT2D eigenvalue weighted by Crippen LogP contribution is 2.14. The average molecular weight is 429 g/mol. The number of aromatic carboxylic acids is 1. The lowest BCUT2D eigenvalue weighted by Gasteiger charge is -2.03. The molecule has 9 nitrogen and oxygen atoms in total. The van der Waals surface area contributed by atoms with Crippen molar-refractivity contribution in [3.05, 3.63) is 93.4 Å². The second-order valence-corrected chi connectivity index (χ2v) is 7.14. The number of para-hydroxylation sites is 1. The zero-order chi connectivity index (χ0) is 22.8. The van der Waals surface area contributed by atoms with Crippen LogP contribution in [0.15, 0.2) is 70.6 Å². The maximum Gasteiger partial charge on any atom is 0.335 e. The number of hydrazone groups is 1. The number of pyridine rings is 1. The van der Waals surface area contributed by atoms with Gasteiger partial charge in [-0.2, -0.15) is 5.10 Å². The molecule has 0 unspecified atom stereocenters. The van der Waals surface area contributed by atoms with Gasteiger partial charge in [-0.15, -0.1) is 0 Å². The van der Waals surface area contributed by atoms with Gasteiger partial charge in [0.25, 0.3) is 11.5 Å². The number of aromatic amines is 1. The predicted molar refractivity (Wildman–Crippen MR) is 120 cm³/mol. The Morgan fingerprint density at radius 2 is 1.72 bits per heavy atom. The number of benzene rings is 2. The first-order chi connectivity index (χ1) is 15.3. The molecule has 0 aliphatic heterocycles. The molecule has 3 N–H and O–H groups in total. The Balaban J connectivity index is 1.59. The molecule has 0 fully saturated rings. The molecular weight excluding hydrogens is 410 g/mol. The van der Waals surface area contributed by atoms with E-state index in [1.807, 2.05) is 30.3 Å². The van der Waals surface area contributed by atoms with Gasteiger partial charge in [-0.1, -0.05) is 18.2 Å². The highest BCUT2D eigenvalue weighted by Gasteiger charge is 2.16. The molecule has 160 valence electrons. The number of carboxylic acid groups (broad SMARTS) is 1. The fraction of sp³-hybridized carbons (Fsp3) is 0.0870. The summed E-state index contributed by atoms with van der Waals surface area (Å²) in [4.78, 5) is 40.8. The summed E-state index contributed by atoms with van der Waals surface area (Å²) in [5, 5.41) is 17.0. The van der Waals surface area contributed by atoms with Gasteiger partial charge >= 0.3 is 5.97 Å². The summed E-state index contributed by atoms with van der Waals surface area (Å²) in [6.07, 6.45) is 0. The molecule has 0 aliphatic rings. The van der Waals surface area contributed by atoms with E-state index in [4.69, 9.17) is 5.11 Å². The lowest BCUT2D eigenvalue weighted by molar-refractivity contribution is 0.0696. The Bertz CT molecular complexity index is 1430. The van der Waals surface area contributed by atoms with Crippen molar-refractivity contribution in [2.24, 2.45) is 5.10 Å². The van der Waals surface area contributed by atoms with Gasteiger partial charge in [0.15, 0.2) is 5.82 Å². The molecular formula is C23H19N5O4. The fourth-order valence-electron chi connectivity index (χ4n) is 3.33. The number of aromatic nitrogens is 3. The van der Waals surface area contributed by atoms with E-state index in [-0.39, 0.29) is 16.7 Å². The second kappa shape index (κ2) is 8.31. The highest BCUT2D eigenvalue weighted by molar-refractivity contribution is 6.01. The molecule has 2 heterocycles. The minimum Gasteiger partial charge on any atom is -0.478 e. The van der Waals surface area contributed by atoms with Crippen LogP contribution in [0.25, 0.3) is 16.7 Å². The first-order valence-electron chi connectivity index (χ1n) is 9.71. The molecule has 0 radical (unpaired) electrons. The summed E-state index contributed by atoms with van der Waals surface area (Å²) < 4.78 is 1.34. The van der Waals surface area contributed by atoms with Crippen LogP contribution in [-0.2, 0) is 0 Å². The summed E-state index contributed by atoms with van der Waals surface area (Å²) in [5.74, 6) is -1.16. The summed E-state index contributed by atoms with van der Waals surface area (Å²) in [7, 11) is 0. The SMILES string of the molecule is C/C(=N/NC(=O)c1ccc(C(=O)O)cc1)c1c(C)[nH]n(-c2ccc3ccccc3n2)c1=O. The number of H-pyrrole nitrogens is 1. The van der Waals surface area contributed by atoms with Gasteiger partial charge in [0.1, 0.15) is 0 Å². The van der Waals surface area contributed by atoms with Gasteiger partial charge in [0, 0.05) is 16.6 Å². The average Bonchev–Trinajstić information content (AvgIpc) is 3.10. The Kier molecular flexibility index (Phi) is 5.38. The number of hydrogen-bond donors (Lipinski definition) is 3. The normalized spacial score (nSPS) is 11.5. The third kappa shape index (κ3) is 3.91. The summed E-state index contributed by atoms with van der Waals surface area (Å²) in [6, 6.07) is 16.7. The minimum absolute atomic E-state index is 0.0760. The standard InChI is InChI=1S/C23H19N5O4/c1-13(25-26-21(29)16-7-9-17(10-8-16)23(31)32)20-14(2)27-28(22(20)30)19-12-11-15-5-3-4-6-18(15)24-19/h3-12,27H,1-2H3,(H,26,29)(H,31,32)/b25-13-. The zero-order valence-corrected chi connectivity index (χ0v) is 17.3. The van der Waals surface area contributed by atoms with Crippen molar-refractivity contribution in [3.63, 3.8) is 0 Å². The lowest BCUT2D eigenvalue weighted by atomic mass is 10.1. The van der Waals surface area contributed by atoms with Crippen molar-refractivity contribution < 1.29 is 14.7 Å². The van der Waals surface area contributed by atoms with Gasteiger partial charge in [0.2, 0.25) is 0 Å². The van der Waals surface area contributed by atoms with Crippen molar-refractivity contribution >= 4 is 28.5 Å². The van der Waals surface area contributed by atoms with Crippen LogP contribution in [0.1, 0.15) is 38.9 Å². The molecule has 9 heteroatoms. The number of carbonyl (C=O) groups excluding carboxylic acids is 1. The summed E-state index contributed by atoms with van der Waals surface area (Å²) in [6.45, 7) is 3.35. The van der Waals surface area contributed by atoms with E-state index in [2.05, 4.69) is 20.6 Å². The van der Waals surface area contributed by atoms with Crippen molar-refractivity contribution in [3.8, 4) is 5.82 Å². The van der Waals surface area contributed by atoms with Crippen molar-refractivity contribution in [1.82, 2.24) is 20.2 Å². The zero-order valence-electron chi connectivity index (χ0n) is 17.3. The summed E-state index contributed by atoms with van der Waals surface area (Å²) >= 11 is 0. The van der Waals surface area contributed by atoms with Crippen LogP contribution < -0.4 is 11.0 Å². The van der Waals surface area contributed by atoms with Crippen molar-refractivity contribution in [1.29, 1.82) is 0 Å². The van der Waals surface area contributed by atoms with Gasteiger partial charge < -0.3 is 5.11 Å². The van der Waals surface area contributed by atoms with Crippen LogP contribution in [-0.4, -0.2) is 37.5 Å². The lowest BCUT2D eigenvalue weighted by Crippen LogP contribution is -2.23. The second-order valence-electron chi connectivity index (χ2n) is 7.14. The minimum atomic E-state index is -1.08. The monoisotopic (exact) mass is 429 g/mol. The topological polar surface area (TPSA) is 129 Å². The molecule has 0 saturated carbocycles. The molecule has 0 bridgehead atoms. The number of fused-ring (bicyclic) bond motifs is 1. The number of rotatable bonds is 5. The largest absolute Gasteiger partial charge is 0.478 e. The number of nitrogens with zero attached hydrogens (tertiary/aromatic N) is 3. The van der Waals surface area contributed by atoms with Crippen LogP contribution in [0, 0.1) is 6.92 Å². The molecule has 4 rings (SSSR count). The Hall–Kier alpha value is -4.53. The highest BCUT2D eigenvalue weighted by atomic mass is 16.4. The summed E-state index contributed by atoms with van der Waals surface area (Å²) in [5.41, 5.74) is 4.35. The third-order valence-electron chi connectivity index (χ3n) is 4.97. The van der Waals surface area contributed by atoms with Crippen molar-refractivity contribution in [2.75, 3.05) is 0 Å². The smallest absolute Gasteiger partial charge is 0.335 e. The van der Waals surface area contributed by atoms with E-state index in [1.54, 1.807) is 19.9 Å². The molecule has 32 heavy (non-hydrogen) atoms. The third-order valence-corrected chi connectivity index (χ3v) is 4.97. The fourth-order valence-corrected chi connectivity index (χ4v) is 3.33. The number of nitrogens with one attached hydrogen (secondary N) is 2. The molecule has 4 aromatic rings. The first kappa shape index (κ1) is 20.7. The van der Waals surface area contributed by atoms with E-state index in [9.17, 15) is 14.4 Å². The molecule has 0 atom stereocenters. The van der Waals surface area contributed by atoms with Gasteiger partial charge in [-0.25, -0.2) is 19.9 Å². The van der Waals surface area contributed by atoms with E-state index < -0.39 is 11.9 Å². The molecule has 0 spiro atoms. The van der Waals surface area contributed by atoms with Crippen LogP contribution in [0.4, 0.5) is 0 Å². The van der Waals surface area contributed by atoms with E-state index in [1.165, 1.54) is 28.9 Å². The van der Waals surface area contributed by atoms with Crippen LogP contribution in [0.2, 0.25) is 0 Å². The van der Waals surface area contributed by atoms with Crippen LogP contribution >= 0.6 is 0 Å². The maximum absolute atomic E-state index is 13.0. The number of carbonyl (C=O) groups is 2. The van der Waals surface area contributed by atoms with Gasteiger partial charge in [-0.3, -0.25) is 14.7 Å².